The Balaban J connectivity index is 0.917. The van der Waals surface area contributed by atoms with Gasteiger partial charge in [0.2, 0.25) is 0 Å². The van der Waals surface area contributed by atoms with Gasteiger partial charge in [-0.05, 0) is 128 Å². The van der Waals surface area contributed by atoms with Crippen molar-refractivity contribution in [1.82, 2.24) is 0 Å². The first-order valence-corrected chi connectivity index (χ1v) is 21.1. The summed E-state index contributed by atoms with van der Waals surface area (Å²) >= 11 is 0. The maximum atomic E-state index is 2.39. The molecule has 2 heteroatoms. The molecule has 0 radical (unpaired) electrons. The zero-order valence-corrected chi connectivity index (χ0v) is 34.5. The van der Waals surface area contributed by atoms with Crippen LogP contribution >= 0.6 is 0 Å². The van der Waals surface area contributed by atoms with Crippen LogP contribution in [0.25, 0.3) is 45.5 Å². The SMILES string of the molecule is CC1(C)c2ccccc2-c2ccc(N(c3ccccc3)c3ccc(C=Cc4ccc(N(c5ccc(-c6ccccc6)cc5)c5ccc(-c6ccccc6)cc5)cc4)cc3)cc21. The number of para-hydroxylation sites is 1. The summed E-state index contributed by atoms with van der Waals surface area (Å²) in [6.45, 7) is 4.68. The van der Waals surface area contributed by atoms with Gasteiger partial charge in [0, 0.05) is 39.5 Å². The van der Waals surface area contributed by atoms with Gasteiger partial charge in [0.25, 0.3) is 0 Å². The van der Waals surface area contributed by atoms with Gasteiger partial charge in [0.15, 0.2) is 0 Å². The van der Waals surface area contributed by atoms with Gasteiger partial charge in [-0.15, -0.1) is 0 Å². The van der Waals surface area contributed by atoms with E-state index in [9.17, 15) is 0 Å². The molecule has 0 atom stereocenters. The number of benzene rings is 9. The second kappa shape index (κ2) is 16.2. The molecule has 0 unspecified atom stereocenters. The first-order valence-electron chi connectivity index (χ1n) is 21.1. The molecule has 1 aliphatic rings. The Kier molecular flexibility index (Phi) is 9.96. The van der Waals surface area contributed by atoms with Crippen LogP contribution in [-0.4, -0.2) is 0 Å². The van der Waals surface area contributed by atoms with Crippen molar-refractivity contribution in [3.63, 3.8) is 0 Å². The van der Waals surface area contributed by atoms with E-state index in [4.69, 9.17) is 0 Å². The monoisotopic (exact) mass is 782 g/mol. The van der Waals surface area contributed by atoms with Gasteiger partial charge < -0.3 is 9.80 Å². The minimum atomic E-state index is -0.0717. The summed E-state index contributed by atoms with van der Waals surface area (Å²) < 4.78 is 0. The van der Waals surface area contributed by atoms with Crippen molar-refractivity contribution < 1.29 is 0 Å². The van der Waals surface area contributed by atoms with E-state index in [-0.39, 0.29) is 5.41 Å². The average Bonchev–Trinajstić information content (AvgIpc) is 3.56. The predicted molar refractivity (Wildman–Crippen MR) is 260 cm³/mol. The Labute approximate surface area is 360 Å². The van der Waals surface area contributed by atoms with Crippen LogP contribution in [0.5, 0.6) is 0 Å². The molecule has 0 bridgehead atoms. The molecule has 292 valence electrons. The molecule has 0 aliphatic heterocycles. The molecule has 1 aliphatic carbocycles. The van der Waals surface area contributed by atoms with Gasteiger partial charge >= 0.3 is 0 Å². The van der Waals surface area contributed by atoms with E-state index in [2.05, 4.69) is 266 Å². The molecule has 10 rings (SSSR count). The molecule has 0 aromatic heterocycles. The minimum Gasteiger partial charge on any atom is -0.311 e. The van der Waals surface area contributed by atoms with Crippen LogP contribution in [0.3, 0.4) is 0 Å². The molecular weight excluding hydrogens is 737 g/mol. The Bertz CT molecular complexity index is 2850. The van der Waals surface area contributed by atoms with Gasteiger partial charge in [-0.2, -0.15) is 0 Å². The summed E-state index contributed by atoms with van der Waals surface area (Å²) in [5, 5.41) is 0. The summed E-state index contributed by atoms with van der Waals surface area (Å²) in [5.74, 6) is 0. The van der Waals surface area contributed by atoms with Gasteiger partial charge in [-0.25, -0.2) is 0 Å². The minimum absolute atomic E-state index is 0.0717. The fourth-order valence-electron chi connectivity index (χ4n) is 8.83. The van der Waals surface area contributed by atoms with E-state index < -0.39 is 0 Å². The van der Waals surface area contributed by atoms with Crippen molar-refractivity contribution in [2.24, 2.45) is 0 Å². The molecule has 0 fully saturated rings. The molecule has 0 N–H and O–H groups in total. The number of hydrogen-bond acceptors (Lipinski definition) is 2. The third-order valence-corrected chi connectivity index (χ3v) is 12.1. The summed E-state index contributed by atoms with van der Waals surface area (Å²) in [6, 6.07) is 83.0. The Morgan fingerprint density at radius 3 is 1.13 bits per heavy atom. The third kappa shape index (κ3) is 7.45. The number of fused-ring (bicyclic) bond motifs is 3. The van der Waals surface area contributed by atoms with Gasteiger partial charge in [0.1, 0.15) is 0 Å². The highest BCUT2D eigenvalue weighted by molar-refractivity contribution is 5.86. The second-order valence-electron chi connectivity index (χ2n) is 16.2. The molecule has 0 saturated heterocycles. The predicted octanol–water partition coefficient (Wildman–Crippen LogP) is 16.4. The van der Waals surface area contributed by atoms with Crippen LogP contribution in [0.4, 0.5) is 34.1 Å². The standard InChI is InChI=1S/C59H46N2/c1-59(2)57-21-13-12-20-55(57)56-41-40-54(42-58(56)59)61(49-18-10-5-11-19-49)51-34-26-44(27-35-51)23-22-43-24-32-50(33-25-43)60(52-36-28-47(29-37-52)45-14-6-3-7-15-45)53-38-30-48(31-39-53)46-16-8-4-9-17-46/h3-42H,1-2H3. The van der Waals surface area contributed by atoms with Crippen LogP contribution in [0.15, 0.2) is 231 Å². The van der Waals surface area contributed by atoms with Crippen molar-refractivity contribution in [1.29, 1.82) is 0 Å². The van der Waals surface area contributed by atoms with Crippen molar-refractivity contribution in [3.05, 3.63) is 253 Å². The lowest BCUT2D eigenvalue weighted by Gasteiger charge is -2.28. The molecule has 0 spiro atoms. The zero-order chi connectivity index (χ0) is 41.2. The van der Waals surface area contributed by atoms with E-state index in [0.29, 0.717) is 0 Å². The summed E-state index contributed by atoms with van der Waals surface area (Å²) in [7, 11) is 0. The van der Waals surface area contributed by atoms with Gasteiger partial charge in [0.05, 0.1) is 0 Å². The molecule has 2 nitrogen and oxygen atoms in total. The highest BCUT2D eigenvalue weighted by Crippen LogP contribution is 2.50. The lowest BCUT2D eigenvalue weighted by molar-refractivity contribution is 0.660. The zero-order valence-electron chi connectivity index (χ0n) is 34.5. The van der Waals surface area contributed by atoms with Crippen LogP contribution in [0, 0.1) is 0 Å². The average molecular weight is 783 g/mol. The maximum Gasteiger partial charge on any atom is 0.0465 e. The number of nitrogens with zero attached hydrogens (tertiary/aromatic N) is 2. The number of anilines is 6. The lowest BCUT2D eigenvalue weighted by atomic mass is 9.82. The molecular formula is C59H46N2. The van der Waals surface area contributed by atoms with Crippen molar-refractivity contribution in [3.8, 4) is 33.4 Å². The smallest absolute Gasteiger partial charge is 0.0465 e. The van der Waals surface area contributed by atoms with Crippen molar-refractivity contribution >= 4 is 46.3 Å². The molecule has 61 heavy (non-hydrogen) atoms. The van der Waals surface area contributed by atoms with Gasteiger partial charge in [-0.3, -0.25) is 0 Å². The Morgan fingerprint density at radius 1 is 0.295 bits per heavy atom. The number of rotatable bonds is 10. The van der Waals surface area contributed by atoms with E-state index in [1.807, 2.05) is 0 Å². The first-order chi connectivity index (χ1) is 30.0. The quantitative estimate of drug-likeness (QED) is 0.128. The van der Waals surface area contributed by atoms with E-state index in [1.54, 1.807) is 0 Å². The molecule has 0 saturated carbocycles. The molecule has 9 aromatic rings. The van der Waals surface area contributed by atoms with E-state index in [0.717, 1.165) is 45.3 Å². The highest BCUT2D eigenvalue weighted by atomic mass is 15.1. The topological polar surface area (TPSA) is 6.48 Å². The van der Waals surface area contributed by atoms with Crippen molar-refractivity contribution in [2.75, 3.05) is 9.80 Å². The van der Waals surface area contributed by atoms with Crippen LogP contribution in [0.1, 0.15) is 36.1 Å². The Morgan fingerprint density at radius 2 is 0.639 bits per heavy atom. The van der Waals surface area contributed by atoms with Crippen molar-refractivity contribution in [2.45, 2.75) is 19.3 Å². The van der Waals surface area contributed by atoms with Crippen LogP contribution < -0.4 is 9.80 Å². The molecule has 9 aromatic carbocycles. The second-order valence-corrected chi connectivity index (χ2v) is 16.2. The summed E-state index contributed by atoms with van der Waals surface area (Å²) in [5.41, 5.74) is 19.2. The summed E-state index contributed by atoms with van der Waals surface area (Å²) in [4.78, 5) is 4.69. The summed E-state index contributed by atoms with van der Waals surface area (Å²) in [6.07, 6.45) is 4.39. The number of hydrogen-bond donors (Lipinski definition) is 0. The lowest BCUT2D eigenvalue weighted by Crippen LogP contribution is -2.16. The Hall–Kier alpha value is -7.68. The third-order valence-electron chi connectivity index (χ3n) is 12.1. The molecule has 0 amide bonds. The fourth-order valence-corrected chi connectivity index (χ4v) is 8.83. The van der Waals surface area contributed by atoms with Crippen LogP contribution in [0.2, 0.25) is 0 Å². The first kappa shape index (κ1) is 37.6. The normalized spacial score (nSPS) is 12.5. The fraction of sp³-hybridized carbons (Fsp3) is 0.0508. The van der Waals surface area contributed by atoms with Crippen LogP contribution in [-0.2, 0) is 5.41 Å². The largest absolute Gasteiger partial charge is 0.311 e. The van der Waals surface area contributed by atoms with E-state index >= 15 is 0 Å². The molecule has 0 heterocycles. The maximum absolute atomic E-state index is 2.39. The van der Waals surface area contributed by atoms with Gasteiger partial charge in [-0.1, -0.05) is 184 Å². The van der Waals surface area contributed by atoms with E-state index in [1.165, 1.54) is 44.5 Å². The highest BCUT2D eigenvalue weighted by Gasteiger charge is 2.35.